The summed E-state index contributed by atoms with van der Waals surface area (Å²) in [6.07, 6.45) is 12.1. The minimum Gasteiger partial charge on any atom is -0.300 e. The lowest BCUT2D eigenvalue weighted by atomic mass is 9.79. The van der Waals surface area contributed by atoms with Gasteiger partial charge in [-0.2, -0.15) is 0 Å². The van der Waals surface area contributed by atoms with E-state index in [2.05, 4.69) is 10.8 Å². The van der Waals surface area contributed by atoms with E-state index in [0.717, 1.165) is 6.04 Å². The first-order valence-corrected chi connectivity index (χ1v) is 5.10. The first kappa shape index (κ1) is 8.13. The molecule has 2 fully saturated rings. The fraction of sp³-hybridized carbons (Fsp3) is 0.818. The second-order valence-electron chi connectivity index (χ2n) is 4.09. The molecule has 2 rings (SSSR count). The van der Waals surface area contributed by atoms with Gasteiger partial charge >= 0.3 is 0 Å². The average molecular weight is 163 g/mol. The molecular weight excluding hydrogens is 146 g/mol. The van der Waals surface area contributed by atoms with E-state index in [-0.39, 0.29) is 0 Å². The predicted octanol–water partition coefficient (Wildman–Crippen LogP) is 1.88. The highest BCUT2D eigenvalue weighted by molar-refractivity contribution is 5.03. The molecule has 0 N–H and O–H groups in total. The van der Waals surface area contributed by atoms with Gasteiger partial charge in [-0.25, -0.2) is 0 Å². The third-order valence-corrected chi connectivity index (χ3v) is 3.26. The van der Waals surface area contributed by atoms with Crippen molar-refractivity contribution in [3.63, 3.8) is 0 Å². The Kier molecular flexibility index (Phi) is 2.37. The maximum Gasteiger partial charge on any atom is 0.0230 e. The third-order valence-electron chi connectivity index (χ3n) is 3.26. The maximum atomic E-state index is 5.36. The summed E-state index contributed by atoms with van der Waals surface area (Å²) in [7, 11) is 0. The quantitative estimate of drug-likeness (QED) is 0.533. The zero-order valence-corrected chi connectivity index (χ0v) is 7.63. The summed E-state index contributed by atoms with van der Waals surface area (Å²) in [5, 5.41) is 0. The molecule has 1 saturated carbocycles. The summed E-state index contributed by atoms with van der Waals surface area (Å²) < 4.78 is 0. The highest BCUT2D eigenvalue weighted by Gasteiger charge is 2.32. The van der Waals surface area contributed by atoms with E-state index in [1.165, 1.54) is 45.2 Å². The summed E-state index contributed by atoms with van der Waals surface area (Å²) in [5.41, 5.74) is 0. The van der Waals surface area contributed by atoms with Gasteiger partial charge in [-0.15, -0.1) is 12.3 Å². The topological polar surface area (TPSA) is 3.24 Å². The third kappa shape index (κ3) is 1.49. The van der Waals surface area contributed by atoms with Crippen molar-refractivity contribution in [3.05, 3.63) is 0 Å². The van der Waals surface area contributed by atoms with Gasteiger partial charge in [-0.1, -0.05) is 6.42 Å². The van der Waals surface area contributed by atoms with Crippen LogP contribution in [0.5, 0.6) is 0 Å². The van der Waals surface area contributed by atoms with Crippen LogP contribution in [0, 0.1) is 18.3 Å². The molecule has 0 aromatic rings. The zero-order chi connectivity index (χ0) is 8.39. The average Bonchev–Trinajstić information content (AvgIpc) is 2.04. The van der Waals surface area contributed by atoms with E-state index in [4.69, 9.17) is 6.42 Å². The molecule has 0 amide bonds. The second-order valence-corrected chi connectivity index (χ2v) is 4.09. The molecule has 1 heteroatoms. The Morgan fingerprint density at radius 2 is 1.75 bits per heavy atom. The van der Waals surface area contributed by atoms with Crippen molar-refractivity contribution in [2.45, 2.75) is 38.1 Å². The van der Waals surface area contributed by atoms with E-state index in [1.807, 2.05) is 0 Å². The normalized spacial score (nSPS) is 36.9. The molecule has 0 aromatic heterocycles. The lowest BCUT2D eigenvalue weighted by molar-refractivity contribution is 0.0824. The van der Waals surface area contributed by atoms with Crippen molar-refractivity contribution >= 4 is 0 Å². The van der Waals surface area contributed by atoms with Crippen molar-refractivity contribution in [2.75, 3.05) is 13.1 Å². The number of nitrogens with zero attached hydrogens (tertiary/aromatic N) is 1. The smallest absolute Gasteiger partial charge is 0.0230 e. The minimum absolute atomic E-state index is 0.594. The van der Waals surface area contributed by atoms with Crippen LogP contribution < -0.4 is 0 Å². The fourth-order valence-corrected chi connectivity index (χ4v) is 2.31. The molecule has 1 nitrogen and oxygen atoms in total. The Hall–Kier alpha value is -0.480. The Balaban J connectivity index is 1.76. The minimum atomic E-state index is 0.594. The van der Waals surface area contributed by atoms with Gasteiger partial charge in [0.1, 0.15) is 0 Å². The Morgan fingerprint density at radius 1 is 1.08 bits per heavy atom. The summed E-state index contributed by atoms with van der Waals surface area (Å²) in [6.45, 7) is 2.64. The van der Waals surface area contributed by atoms with Crippen molar-refractivity contribution in [3.8, 4) is 12.3 Å². The maximum absolute atomic E-state index is 5.36. The molecule has 2 aliphatic rings. The van der Waals surface area contributed by atoms with Gasteiger partial charge in [0, 0.05) is 12.0 Å². The highest BCUT2D eigenvalue weighted by atomic mass is 15.2. The molecule has 0 atom stereocenters. The Labute approximate surface area is 75.1 Å². The van der Waals surface area contributed by atoms with Crippen LogP contribution in [0.3, 0.4) is 0 Å². The first-order chi connectivity index (χ1) is 5.90. The largest absolute Gasteiger partial charge is 0.300 e. The number of likely N-dealkylation sites (tertiary alicyclic amines) is 1. The van der Waals surface area contributed by atoms with Gasteiger partial charge in [0.05, 0.1) is 0 Å². The van der Waals surface area contributed by atoms with Gasteiger partial charge in [0.25, 0.3) is 0 Å². The molecule has 12 heavy (non-hydrogen) atoms. The summed E-state index contributed by atoms with van der Waals surface area (Å²) >= 11 is 0. The molecule has 0 spiro atoms. The van der Waals surface area contributed by atoms with E-state index >= 15 is 0 Å². The molecule has 0 unspecified atom stereocenters. The monoisotopic (exact) mass is 163 g/mol. The van der Waals surface area contributed by atoms with E-state index in [9.17, 15) is 0 Å². The standard InChI is InChI=1S/C11H17N/c1-2-10-8-11(9-10)12-6-4-3-5-7-12/h1,10-11H,3-9H2. The van der Waals surface area contributed by atoms with Crippen molar-refractivity contribution in [2.24, 2.45) is 5.92 Å². The highest BCUT2D eigenvalue weighted by Crippen LogP contribution is 2.32. The van der Waals surface area contributed by atoms with E-state index in [0.29, 0.717) is 5.92 Å². The first-order valence-electron chi connectivity index (χ1n) is 5.10. The predicted molar refractivity (Wildman–Crippen MR) is 50.8 cm³/mol. The van der Waals surface area contributed by atoms with Crippen LogP contribution >= 0.6 is 0 Å². The van der Waals surface area contributed by atoms with Crippen molar-refractivity contribution in [1.29, 1.82) is 0 Å². The lowest BCUT2D eigenvalue weighted by Gasteiger charge is -2.42. The summed E-state index contributed by atoms with van der Waals surface area (Å²) in [5.74, 6) is 3.44. The molecule has 1 aliphatic carbocycles. The SMILES string of the molecule is C#CC1CC(N2CCCCC2)C1. The lowest BCUT2D eigenvalue weighted by Crippen LogP contribution is -2.46. The van der Waals surface area contributed by atoms with Crippen LogP contribution in [0.15, 0.2) is 0 Å². The number of hydrogen-bond donors (Lipinski definition) is 0. The second kappa shape index (κ2) is 3.49. The van der Waals surface area contributed by atoms with Gasteiger partial charge in [-0.05, 0) is 38.8 Å². The molecule has 0 radical (unpaired) electrons. The number of terminal acetylenes is 1. The fourth-order valence-electron chi connectivity index (χ4n) is 2.31. The molecule has 1 heterocycles. The Morgan fingerprint density at radius 3 is 2.33 bits per heavy atom. The van der Waals surface area contributed by atoms with Crippen LogP contribution in [0.4, 0.5) is 0 Å². The summed E-state index contributed by atoms with van der Waals surface area (Å²) in [6, 6.07) is 0.839. The van der Waals surface area contributed by atoms with Crippen LogP contribution in [-0.4, -0.2) is 24.0 Å². The molecule has 0 aromatic carbocycles. The molecule has 0 bridgehead atoms. The number of hydrogen-bond acceptors (Lipinski definition) is 1. The van der Waals surface area contributed by atoms with Gasteiger partial charge in [0.15, 0.2) is 0 Å². The van der Waals surface area contributed by atoms with E-state index < -0.39 is 0 Å². The number of rotatable bonds is 1. The van der Waals surface area contributed by atoms with Crippen molar-refractivity contribution in [1.82, 2.24) is 4.90 Å². The Bertz CT molecular complexity index is 180. The van der Waals surface area contributed by atoms with Crippen LogP contribution in [0.1, 0.15) is 32.1 Å². The molecule has 1 aliphatic heterocycles. The van der Waals surface area contributed by atoms with Crippen LogP contribution in [0.25, 0.3) is 0 Å². The molecular formula is C11H17N. The van der Waals surface area contributed by atoms with Crippen LogP contribution in [0.2, 0.25) is 0 Å². The zero-order valence-electron chi connectivity index (χ0n) is 7.63. The number of piperidine rings is 1. The van der Waals surface area contributed by atoms with Crippen molar-refractivity contribution < 1.29 is 0 Å². The summed E-state index contributed by atoms with van der Waals surface area (Å²) in [4.78, 5) is 2.64. The van der Waals surface area contributed by atoms with Crippen LogP contribution in [-0.2, 0) is 0 Å². The molecule has 1 saturated heterocycles. The molecule has 66 valence electrons. The van der Waals surface area contributed by atoms with Gasteiger partial charge in [-0.3, -0.25) is 0 Å². The van der Waals surface area contributed by atoms with E-state index in [1.54, 1.807) is 0 Å². The van der Waals surface area contributed by atoms with Gasteiger partial charge in [0.2, 0.25) is 0 Å². The van der Waals surface area contributed by atoms with Gasteiger partial charge < -0.3 is 4.90 Å².